The normalized spacial score (nSPS) is 12.5. The zero-order valence-electron chi connectivity index (χ0n) is 15.1. The smallest absolute Gasteiger partial charge is 0.397 e. The maximum Gasteiger partial charge on any atom is 0.397 e. The molecule has 0 saturated heterocycles. The van der Waals surface area contributed by atoms with Crippen LogP contribution in [0.15, 0.2) is 12.1 Å². The highest BCUT2D eigenvalue weighted by Crippen LogP contribution is 2.12. The highest BCUT2D eigenvalue weighted by molar-refractivity contribution is 7.80. The van der Waals surface area contributed by atoms with Gasteiger partial charge in [0.1, 0.15) is 31.3 Å². The topological polar surface area (TPSA) is 148 Å². The molecule has 0 saturated carbocycles. The van der Waals surface area contributed by atoms with E-state index in [4.69, 9.17) is 31.9 Å². The van der Waals surface area contributed by atoms with Gasteiger partial charge >= 0.3 is 10.4 Å². The maximum absolute atomic E-state index is 10.6. The fourth-order valence-corrected chi connectivity index (χ4v) is 2.26. The van der Waals surface area contributed by atoms with Gasteiger partial charge in [-0.1, -0.05) is 0 Å². The van der Waals surface area contributed by atoms with E-state index < -0.39 is 17.0 Å². The van der Waals surface area contributed by atoms with Crippen LogP contribution in [0.1, 0.15) is 0 Å². The Kier molecular flexibility index (Phi) is 9.07. The van der Waals surface area contributed by atoms with Crippen molar-refractivity contribution in [1.82, 2.24) is 0 Å². The van der Waals surface area contributed by atoms with Crippen LogP contribution in [0.5, 0.6) is 11.5 Å². The molecule has 29 heavy (non-hydrogen) atoms. The molecule has 0 aromatic heterocycles. The highest BCUT2D eigenvalue weighted by Gasteiger charge is 2.12. The Morgan fingerprint density at radius 2 is 1.45 bits per heavy atom. The van der Waals surface area contributed by atoms with Crippen LogP contribution < -0.4 is 19.9 Å². The van der Waals surface area contributed by atoms with Gasteiger partial charge in [0, 0.05) is 17.5 Å². The summed E-state index contributed by atoms with van der Waals surface area (Å²) in [5.41, 5.74) is -0.690. The quantitative estimate of drug-likeness (QED) is 0.333. The van der Waals surface area contributed by atoms with Gasteiger partial charge in [0.25, 0.3) is 11.4 Å². The second-order valence-electron chi connectivity index (χ2n) is 4.93. The Morgan fingerprint density at radius 3 is 1.79 bits per heavy atom. The summed E-state index contributed by atoms with van der Waals surface area (Å²) < 4.78 is 49.6. The van der Waals surface area contributed by atoms with Crippen molar-refractivity contribution in [2.45, 2.75) is 0 Å². The van der Waals surface area contributed by atoms with E-state index in [0.29, 0.717) is 0 Å². The van der Waals surface area contributed by atoms with Crippen molar-refractivity contribution in [2.24, 2.45) is 0 Å². The SMILES string of the molecule is [C-]#[N+]/C(C#N)=c1/cc(OCCOS(=O)(=O)O)/c(=C(\C#N)[N+]#[C-])cc1OCCOC. The van der Waals surface area contributed by atoms with E-state index in [1.807, 2.05) is 0 Å². The van der Waals surface area contributed by atoms with E-state index in [2.05, 4.69) is 13.9 Å². The predicted molar refractivity (Wildman–Crippen MR) is 97.3 cm³/mol. The lowest BCUT2D eigenvalue weighted by atomic mass is 10.1. The Morgan fingerprint density at radius 1 is 1.00 bits per heavy atom. The molecule has 0 bridgehead atoms. The number of hydrogen-bond donors (Lipinski definition) is 1. The summed E-state index contributed by atoms with van der Waals surface area (Å²) in [5, 5.41) is 18.5. The summed E-state index contributed by atoms with van der Waals surface area (Å²) in [4.78, 5) is 6.22. The second kappa shape index (κ2) is 11.3. The van der Waals surface area contributed by atoms with Gasteiger partial charge in [0.2, 0.25) is 0 Å². The van der Waals surface area contributed by atoms with E-state index in [-0.39, 0.29) is 53.2 Å². The molecule has 0 spiro atoms. The van der Waals surface area contributed by atoms with Crippen LogP contribution in [0.25, 0.3) is 21.1 Å². The molecular weight excluding hydrogens is 404 g/mol. The Balaban J connectivity index is 3.60. The molecule has 1 rings (SSSR count). The van der Waals surface area contributed by atoms with E-state index in [0.717, 1.165) is 0 Å². The lowest BCUT2D eigenvalue weighted by Gasteiger charge is -2.12. The van der Waals surface area contributed by atoms with Gasteiger partial charge in [0.05, 0.1) is 31.9 Å². The third kappa shape index (κ3) is 7.11. The summed E-state index contributed by atoms with van der Waals surface area (Å²) in [7, 11) is -3.22. The van der Waals surface area contributed by atoms with Crippen LogP contribution in [0.3, 0.4) is 0 Å². The summed E-state index contributed by atoms with van der Waals surface area (Å²) in [6.45, 7) is 13.6. The lowest BCUT2D eigenvalue weighted by molar-refractivity contribution is 0.145. The van der Waals surface area contributed by atoms with Gasteiger partial charge < -0.3 is 14.2 Å². The average molecular weight is 418 g/mol. The van der Waals surface area contributed by atoms with E-state index >= 15 is 0 Å². The fraction of sp³-hybridized carbons (Fsp3) is 0.294. The molecule has 0 aliphatic carbocycles. The summed E-state index contributed by atoms with van der Waals surface area (Å²) >= 11 is 0. The van der Waals surface area contributed by atoms with Gasteiger partial charge in [-0.2, -0.15) is 8.42 Å². The highest BCUT2D eigenvalue weighted by atomic mass is 32.3. The van der Waals surface area contributed by atoms with Gasteiger partial charge in [-0.05, 0) is 12.1 Å². The number of methoxy groups -OCH3 is 1. The van der Waals surface area contributed by atoms with Gasteiger partial charge in [0.15, 0.2) is 0 Å². The number of nitrogens with zero attached hydrogens (tertiary/aromatic N) is 4. The van der Waals surface area contributed by atoms with E-state index in [1.54, 1.807) is 12.1 Å². The van der Waals surface area contributed by atoms with Crippen molar-refractivity contribution >= 4 is 21.8 Å². The summed E-state index contributed by atoms with van der Waals surface area (Å²) in [6.07, 6.45) is 0. The standard InChI is InChI=1S/C17H14N4O7S/c1-20-14(10-18)12-9-17(27-6-7-28-29(22,23)24)13(15(11-19)21-2)8-16(12)26-5-4-25-3/h8-9H,4-7H2,3H3,(H,22,23,24)/b14-12-,15-13+. The molecule has 12 heteroatoms. The first-order chi connectivity index (χ1) is 13.8. The molecule has 150 valence electrons. The second-order valence-corrected chi connectivity index (χ2v) is 6.02. The van der Waals surface area contributed by atoms with E-state index in [1.165, 1.54) is 19.2 Å². The maximum atomic E-state index is 10.6. The number of nitriles is 2. The molecule has 0 unspecified atom stereocenters. The van der Waals surface area contributed by atoms with Crippen LogP contribution in [0.4, 0.5) is 0 Å². The van der Waals surface area contributed by atoms with Crippen molar-refractivity contribution < 1.29 is 31.4 Å². The van der Waals surface area contributed by atoms with Crippen molar-refractivity contribution in [3.05, 3.63) is 45.4 Å². The van der Waals surface area contributed by atoms with Crippen LogP contribution in [-0.4, -0.2) is 46.5 Å². The number of benzene rings is 1. The Labute approximate surface area is 166 Å². The third-order valence-corrected chi connectivity index (χ3v) is 3.61. The van der Waals surface area contributed by atoms with Crippen molar-refractivity contribution in [1.29, 1.82) is 10.5 Å². The lowest BCUT2D eigenvalue weighted by Crippen LogP contribution is -2.22. The molecule has 0 radical (unpaired) electrons. The van der Waals surface area contributed by atoms with Gasteiger partial charge in [-0.3, -0.25) is 4.55 Å². The molecule has 1 aromatic carbocycles. The number of rotatable bonds is 9. The Bertz CT molecular complexity index is 1120. The predicted octanol–water partition coefficient (Wildman–Crippen LogP) is 0.0121. The number of hydrogen-bond acceptors (Lipinski definition) is 8. The molecule has 0 heterocycles. The monoisotopic (exact) mass is 418 g/mol. The molecule has 11 nitrogen and oxygen atoms in total. The van der Waals surface area contributed by atoms with Crippen molar-refractivity contribution in [3.8, 4) is 23.6 Å². The zero-order valence-corrected chi connectivity index (χ0v) is 15.9. The minimum Gasteiger partial charge on any atom is -0.492 e. The van der Waals surface area contributed by atoms with Crippen molar-refractivity contribution in [2.75, 3.05) is 33.5 Å². The van der Waals surface area contributed by atoms with Gasteiger partial charge in [-0.25, -0.2) is 24.4 Å². The van der Waals surface area contributed by atoms with Crippen LogP contribution in [0.2, 0.25) is 0 Å². The summed E-state index contributed by atoms with van der Waals surface area (Å²) in [6, 6.07) is 5.91. The van der Waals surface area contributed by atoms with Gasteiger partial charge in [-0.15, -0.1) is 0 Å². The number of ether oxygens (including phenoxy) is 3. The minimum absolute atomic E-state index is 0.00722. The molecule has 0 amide bonds. The molecule has 0 atom stereocenters. The molecular formula is C17H14N4O7S. The molecule has 0 aliphatic heterocycles. The molecule has 0 fully saturated rings. The fourth-order valence-electron chi connectivity index (χ4n) is 1.99. The van der Waals surface area contributed by atoms with Crippen LogP contribution in [-0.2, 0) is 19.3 Å². The molecule has 0 aliphatic rings. The largest absolute Gasteiger partial charge is 0.492 e. The Hall–Kier alpha value is -3.65. The average Bonchev–Trinajstić information content (AvgIpc) is 2.68. The van der Waals surface area contributed by atoms with Crippen molar-refractivity contribution in [3.63, 3.8) is 0 Å². The zero-order chi connectivity index (χ0) is 21.9. The molecule has 1 aromatic rings. The first-order valence-corrected chi connectivity index (χ1v) is 9.02. The molecule has 1 N–H and O–H groups in total. The minimum atomic E-state index is -4.67. The first-order valence-electron chi connectivity index (χ1n) is 7.65. The van der Waals surface area contributed by atoms with Crippen LogP contribution in [0, 0.1) is 35.8 Å². The first kappa shape index (κ1) is 23.4. The summed E-state index contributed by atoms with van der Waals surface area (Å²) in [5.74, 6) is -0.0236. The van der Waals surface area contributed by atoms with E-state index in [9.17, 15) is 18.9 Å². The third-order valence-electron chi connectivity index (χ3n) is 3.15. The van der Waals surface area contributed by atoms with Crippen LogP contribution >= 0.6 is 0 Å².